The Labute approximate surface area is 168 Å². The molecule has 0 unspecified atom stereocenters. The van der Waals surface area contributed by atoms with Crippen LogP contribution in [0.5, 0.6) is 11.6 Å². The highest BCUT2D eigenvalue weighted by molar-refractivity contribution is 7.99. The Morgan fingerprint density at radius 1 is 1.25 bits per heavy atom. The highest BCUT2D eigenvalue weighted by Gasteiger charge is 2.26. The van der Waals surface area contributed by atoms with Crippen molar-refractivity contribution in [2.45, 2.75) is 18.3 Å². The van der Waals surface area contributed by atoms with Crippen molar-refractivity contribution in [2.24, 2.45) is 0 Å². The number of benzene rings is 2. The molecule has 2 heterocycles. The second-order valence-corrected chi connectivity index (χ2v) is 7.25. The van der Waals surface area contributed by atoms with Gasteiger partial charge in [0.1, 0.15) is 5.75 Å². The van der Waals surface area contributed by atoms with Crippen molar-refractivity contribution in [1.29, 1.82) is 0 Å². The Kier molecular flexibility index (Phi) is 5.16. The van der Waals surface area contributed by atoms with Gasteiger partial charge in [-0.15, -0.1) is 16.8 Å². The van der Waals surface area contributed by atoms with E-state index in [0.717, 1.165) is 28.1 Å². The number of rotatable bonds is 5. The molecule has 0 saturated heterocycles. The lowest BCUT2D eigenvalue weighted by molar-refractivity contribution is 0.225. The number of nitrogens with zero attached hydrogens (tertiary/aromatic N) is 3. The Balaban J connectivity index is 1.78. The Morgan fingerprint density at radius 3 is 2.89 bits per heavy atom. The van der Waals surface area contributed by atoms with Gasteiger partial charge in [-0.05, 0) is 36.8 Å². The summed E-state index contributed by atoms with van der Waals surface area (Å²) >= 11 is 1.47. The average Bonchev–Trinajstić information content (AvgIpc) is 2.88. The molecule has 3 aromatic rings. The minimum atomic E-state index is -0.416. The zero-order valence-electron chi connectivity index (χ0n) is 15.7. The number of hydrogen-bond donors (Lipinski definition) is 1. The van der Waals surface area contributed by atoms with Gasteiger partial charge in [0.2, 0.25) is 11.0 Å². The topological polar surface area (TPSA) is 69.2 Å². The van der Waals surface area contributed by atoms with Crippen molar-refractivity contribution >= 4 is 17.4 Å². The highest BCUT2D eigenvalue weighted by atomic mass is 32.2. The Bertz CT molecular complexity index is 1030. The van der Waals surface area contributed by atoms with Crippen molar-refractivity contribution in [1.82, 2.24) is 15.2 Å². The molecule has 1 atom stereocenters. The van der Waals surface area contributed by atoms with E-state index in [4.69, 9.17) is 9.47 Å². The van der Waals surface area contributed by atoms with Gasteiger partial charge in [-0.2, -0.15) is 4.98 Å². The van der Waals surface area contributed by atoms with Crippen molar-refractivity contribution in [2.75, 3.05) is 18.2 Å². The first-order valence-electron chi connectivity index (χ1n) is 8.85. The quantitative estimate of drug-likeness (QED) is 0.501. The number of methoxy groups -OCH3 is 1. The first-order valence-corrected chi connectivity index (χ1v) is 9.83. The maximum absolute atomic E-state index is 6.27. The number of fused-ring (bicyclic) bond motifs is 3. The van der Waals surface area contributed by atoms with E-state index < -0.39 is 6.23 Å². The summed E-state index contributed by atoms with van der Waals surface area (Å²) in [4.78, 5) is 4.60. The molecule has 1 aromatic heterocycles. The predicted octanol–water partition coefficient (Wildman–Crippen LogP) is 4.64. The Morgan fingerprint density at radius 2 is 2.11 bits per heavy atom. The fourth-order valence-electron chi connectivity index (χ4n) is 3.06. The number of nitrogens with one attached hydrogen (secondary N) is 1. The summed E-state index contributed by atoms with van der Waals surface area (Å²) in [5.41, 5.74) is 4.46. The lowest BCUT2D eigenvalue weighted by atomic mass is 10.1. The van der Waals surface area contributed by atoms with Crippen LogP contribution >= 0.6 is 11.8 Å². The molecule has 1 N–H and O–H groups in total. The van der Waals surface area contributed by atoms with Crippen LogP contribution in [0.15, 0.2) is 60.3 Å². The van der Waals surface area contributed by atoms with Gasteiger partial charge >= 0.3 is 0 Å². The van der Waals surface area contributed by atoms with E-state index in [9.17, 15) is 0 Å². The third-order valence-corrected chi connectivity index (χ3v) is 5.22. The maximum Gasteiger partial charge on any atom is 0.247 e. The summed E-state index contributed by atoms with van der Waals surface area (Å²) in [6.07, 6.45) is 1.39. The number of hydrogen-bond acceptors (Lipinski definition) is 7. The molecule has 0 amide bonds. The van der Waals surface area contributed by atoms with Gasteiger partial charge in [-0.1, -0.05) is 36.0 Å². The third kappa shape index (κ3) is 3.53. The van der Waals surface area contributed by atoms with E-state index in [1.807, 2.05) is 49.4 Å². The summed E-state index contributed by atoms with van der Waals surface area (Å²) < 4.78 is 11.6. The van der Waals surface area contributed by atoms with Crippen LogP contribution in [0.1, 0.15) is 17.4 Å². The van der Waals surface area contributed by atoms with Crippen molar-refractivity contribution in [3.05, 3.63) is 66.2 Å². The number of aromatic nitrogens is 3. The van der Waals surface area contributed by atoms with Crippen molar-refractivity contribution < 1.29 is 9.47 Å². The van der Waals surface area contributed by atoms with Crippen LogP contribution in [0.2, 0.25) is 0 Å². The number of thioether (sulfide) groups is 1. The lowest BCUT2D eigenvalue weighted by Crippen LogP contribution is -2.17. The van der Waals surface area contributed by atoms with Gasteiger partial charge < -0.3 is 14.8 Å². The second-order valence-electron chi connectivity index (χ2n) is 6.26. The molecule has 1 aliphatic heterocycles. The molecule has 1 aliphatic rings. The van der Waals surface area contributed by atoms with Gasteiger partial charge in [-0.3, -0.25) is 0 Å². The van der Waals surface area contributed by atoms with Crippen LogP contribution in [0.3, 0.4) is 0 Å². The molecule has 0 bridgehead atoms. The van der Waals surface area contributed by atoms with Crippen LogP contribution in [-0.4, -0.2) is 28.0 Å². The van der Waals surface area contributed by atoms with Crippen LogP contribution in [0.25, 0.3) is 11.3 Å². The van der Waals surface area contributed by atoms with E-state index >= 15 is 0 Å². The number of anilines is 1. The highest BCUT2D eigenvalue weighted by Crippen LogP contribution is 2.39. The predicted molar refractivity (Wildman–Crippen MR) is 111 cm³/mol. The fraction of sp³-hybridized carbons (Fsp3) is 0.190. The van der Waals surface area contributed by atoms with Gasteiger partial charge in [0.05, 0.1) is 7.11 Å². The van der Waals surface area contributed by atoms with Crippen LogP contribution in [0.4, 0.5) is 5.69 Å². The molecule has 28 heavy (non-hydrogen) atoms. The standard InChI is InChI=1S/C21H20N4O2S/c1-4-11-28-21-23-20-18(24-25-21)15-7-5-6-8-16(15)22-19(27-20)14-9-10-17(26-3)13(2)12-14/h4-10,12,19,22H,1,11H2,2-3H3/t19-/m1/s1. The van der Waals surface area contributed by atoms with Gasteiger partial charge in [0, 0.05) is 22.6 Å². The van der Waals surface area contributed by atoms with Crippen molar-refractivity contribution in [3.8, 4) is 22.9 Å². The molecule has 7 heteroatoms. The van der Waals surface area contributed by atoms with Crippen LogP contribution in [0, 0.1) is 6.92 Å². The SMILES string of the molecule is C=CCSc1nnc2c(n1)O[C@H](c1ccc(OC)c(C)c1)Nc1ccccc1-2. The molecular formula is C21H20N4O2S. The molecule has 6 nitrogen and oxygen atoms in total. The summed E-state index contributed by atoms with van der Waals surface area (Å²) in [5.74, 6) is 2.00. The number of para-hydroxylation sites is 1. The summed E-state index contributed by atoms with van der Waals surface area (Å²) in [7, 11) is 1.67. The molecule has 2 aromatic carbocycles. The van der Waals surface area contributed by atoms with E-state index in [1.54, 1.807) is 13.2 Å². The first kappa shape index (κ1) is 18.3. The maximum atomic E-state index is 6.27. The van der Waals surface area contributed by atoms with Crippen LogP contribution in [-0.2, 0) is 0 Å². The molecule has 0 spiro atoms. The summed E-state index contributed by atoms with van der Waals surface area (Å²) in [6, 6.07) is 13.9. The fourth-order valence-corrected chi connectivity index (χ4v) is 3.57. The normalized spacial score (nSPS) is 14.7. The van der Waals surface area contributed by atoms with E-state index in [0.29, 0.717) is 22.5 Å². The number of ether oxygens (including phenoxy) is 2. The third-order valence-electron chi connectivity index (χ3n) is 4.39. The van der Waals surface area contributed by atoms with Crippen molar-refractivity contribution in [3.63, 3.8) is 0 Å². The second kappa shape index (κ2) is 7.90. The number of aryl methyl sites for hydroxylation is 1. The van der Waals surface area contributed by atoms with Gasteiger partial charge in [0.25, 0.3) is 0 Å². The summed E-state index contributed by atoms with van der Waals surface area (Å²) in [6.45, 7) is 5.74. The largest absolute Gasteiger partial charge is 0.496 e. The minimum Gasteiger partial charge on any atom is -0.496 e. The smallest absolute Gasteiger partial charge is 0.247 e. The first-order chi connectivity index (χ1) is 13.7. The van der Waals surface area contributed by atoms with Gasteiger partial charge in [0.15, 0.2) is 11.9 Å². The lowest BCUT2D eigenvalue weighted by Gasteiger charge is -2.20. The summed E-state index contributed by atoms with van der Waals surface area (Å²) in [5, 5.41) is 12.6. The molecule has 0 radical (unpaired) electrons. The minimum absolute atomic E-state index is 0.416. The molecule has 0 fully saturated rings. The van der Waals surface area contributed by atoms with E-state index in [1.165, 1.54) is 11.8 Å². The van der Waals surface area contributed by atoms with Crippen LogP contribution < -0.4 is 14.8 Å². The molecule has 0 saturated carbocycles. The monoisotopic (exact) mass is 392 g/mol. The molecule has 4 rings (SSSR count). The zero-order valence-corrected chi connectivity index (χ0v) is 16.5. The zero-order chi connectivity index (χ0) is 19.5. The molecule has 142 valence electrons. The average molecular weight is 392 g/mol. The van der Waals surface area contributed by atoms with E-state index in [2.05, 4.69) is 27.1 Å². The Hall–Kier alpha value is -3.06. The molecule has 0 aliphatic carbocycles. The van der Waals surface area contributed by atoms with E-state index in [-0.39, 0.29) is 0 Å². The molecular weight excluding hydrogens is 372 g/mol. The van der Waals surface area contributed by atoms with Gasteiger partial charge in [-0.25, -0.2) is 0 Å².